The first-order valence-electron chi connectivity index (χ1n) is 8.41. The number of nitrogens with one attached hydrogen (secondary N) is 1. The largest absolute Gasteiger partial charge is 0.459 e. The highest BCUT2D eigenvalue weighted by Gasteiger charge is 2.59. The molecule has 148 valence electrons. The van der Waals surface area contributed by atoms with Gasteiger partial charge in [0.25, 0.3) is 6.02 Å². The van der Waals surface area contributed by atoms with Gasteiger partial charge < -0.3 is 15.8 Å². The van der Waals surface area contributed by atoms with Gasteiger partial charge in [-0.15, -0.1) is 0 Å². The first kappa shape index (κ1) is 19.6. The molecular formula is C17H21ClF3N5O. The van der Waals surface area contributed by atoms with Crippen LogP contribution in [0.5, 0.6) is 0 Å². The zero-order chi connectivity index (χ0) is 20.0. The molecule has 0 spiro atoms. The molecule has 0 radical (unpaired) electrons. The maximum absolute atomic E-state index is 14.5. The Labute approximate surface area is 159 Å². The Hall–Kier alpha value is -2.16. The van der Waals surface area contributed by atoms with Crippen molar-refractivity contribution in [3.8, 4) is 0 Å². The lowest BCUT2D eigenvalue weighted by molar-refractivity contribution is -0.129. The number of ether oxygens (including phenoxy) is 1. The van der Waals surface area contributed by atoms with Gasteiger partial charge in [-0.2, -0.15) is 5.10 Å². The van der Waals surface area contributed by atoms with Crippen LogP contribution in [0, 0.1) is 5.92 Å². The fraction of sp³-hybridized carbons (Fsp3) is 0.529. The molecule has 3 atom stereocenters. The number of amidine groups is 1. The number of nitrogens with zero attached hydrogens (tertiary/aromatic N) is 3. The Balaban J connectivity index is 1.84. The number of aromatic nitrogens is 2. The average molecular weight is 404 g/mol. The fourth-order valence-corrected chi connectivity index (χ4v) is 3.70. The van der Waals surface area contributed by atoms with Gasteiger partial charge in [0.05, 0.1) is 11.1 Å². The SMILES string of the molecule is CC(NC1=CC=C(F)C([C@@]2(C)N=C(N)OCC2(F)F)C1)c1nn(C)cc1Cl. The number of aryl methyl sites for hydroxylation is 1. The topological polar surface area (TPSA) is 77.5 Å². The maximum Gasteiger partial charge on any atom is 0.306 e. The summed E-state index contributed by atoms with van der Waals surface area (Å²) < 4.78 is 49.8. The van der Waals surface area contributed by atoms with E-state index in [4.69, 9.17) is 17.3 Å². The molecule has 2 aliphatic rings. The average Bonchev–Trinajstić information content (AvgIpc) is 2.92. The molecule has 3 N–H and O–H groups in total. The fourth-order valence-electron chi connectivity index (χ4n) is 3.36. The van der Waals surface area contributed by atoms with E-state index in [9.17, 15) is 13.2 Å². The number of aliphatic imine (C=N–C) groups is 1. The Morgan fingerprint density at radius 2 is 2.15 bits per heavy atom. The third-order valence-electron chi connectivity index (χ3n) is 4.99. The van der Waals surface area contributed by atoms with Gasteiger partial charge in [-0.3, -0.25) is 4.68 Å². The molecule has 1 aliphatic carbocycles. The van der Waals surface area contributed by atoms with Crippen LogP contribution < -0.4 is 11.1 Å². The molecule has 10 heteroatoms. The van der Waals surface area contributed by atoms with Crippen LogP contribution in [0.1, 0.15) is 32.0 Å². The molecule has 6 nitrogen and oxygen atoms in total. The summed E-state index contributed by atoms with van der Waals surface area (Å²) in [6.07, 6.45) is 4.35. The minimum atomic E-state index is -3.37. The summed E-state index contributed by atoms with van der Waals surface area (Å²) in [4.78, 5) is 3.78. The van der Waals surface area contributed by atoms with E-state index < -0.39 is 29.8 Å². The monoisotopic (exact) mass is 403 g/mol. The summed E-state index contributed by atoms with van der Waals surface area (Å²) in [6.45, 7) is 2.09. The van der Waals surface area contributed by atoms with Crippen molar-refractivity contribution in [2.45, 2.75) is 37.8 Å². The van der Waals surface area contributed by atoms with E-state index in [1.165, 1.54) is 19.1 Å². The molecule has 1 aliphatic heterocycles. The van der Waals surface area contributed by atoms with E-state index in [1.807, 2.05) is 6.92 Å². The second kappa shape index (κ2) is 6.78. The van der Waals surface area contributed by atoms with E-state index in [2.05, 4.69) is 20.1 Å². The van der Waals surface area contributed by atoms with Crippen molar-refractivity contribution in [3.63, 3.8) is 0 Å². The molecule has 1 aromatic heterocycles. The van der Waals surface area contributed by atoms with Crippen molar-refractivity contribution in [3.05, 3.63) is 40.6 Å². The Bertz CT molecular complexity index is 835. The van der Waals surface area contributed by atoms with Crippen LogP contribution in [0.3, 0.4) is 0 Å². The van der Waals surface area contributed by atoms with Crippen LogP contribution in [-0.4, -0.2) is 33.9 Å². The number of alkyl halides is 2. The summed E-state index contributed by atoms with van der Waals surface area (Å²) in [7, 11) is 1.74. The molecule has 0 saturated carbocycles. The highest BCUT2D eigenvalue weighted by Crippen LogP contribution is 2.47. The third-order valence-corrected chi connectivity index (χ3v) is 5.28. The van der Waals surface area contributed by atoms with Gasteiger partial charge >= 0.3 is 5.92 Å². The molecule has 0 fully saturated rings. The second-order valence-electron chi connectivity index (χ2n) is 6.99. The van der Waals surface area contributed by atoms with Crippen LogP contribution in [0.25, 0.3) is 0 Å². The zero-order valence-electron chi connectivity index (χ0n) is 15.1. The van der Waals surface area contributed by atoms with E-state index >= 15 is 0 Å². The molecule has 2 unspecified atom stereocenters. The predicted octanol–water partition coefficient (Wildman–Crippen LogP) is 3.22. The summed E-state index contributed by atoms with van der Waals surface area (Å²) >= 11 is 6.15. The number of hydrogen-bond acceptors (Lipinski definition) is 5. The molecule has 0 aromatic carbocycles. The van der Waals surface area contributed by atoms with Gasteiger partial charge in [-0.05, 0) is 32.4 Å². The van der Waals surface area contributed by atoms with E-state index in [1.54, 1.807) is 17.9 Å². The summed E-state index contributed by atoms with van der Waals surface area (Å²) in [6, 6.07) is -0.661. The lowest BCUT2D eigenvalue weighted by atomic mass is 9.75. The minimum absolute atomic E-state index is 0.00000402. The molecule has 1 aromatic rings. The van der Waals surface area contributed by atoms with Crippen molar-refractivity contribution in [2.24, 2.45) is 23.7 Å². The summed E-state index contributed by atoms with van der Waals surface area (Å²) in [5, 5.41) is 7.92. The van der Waals surface area contributed by atoms with Crippen molar-refractivity contribution in [1.29, 1.82) is 0 Å². The van der Waals surface area contributed by atoms with Crippen LogP contribution in [0.4, 0.5) is 13.2 Å². The molecule has 0 saturated heterocycles. The maximum atomic E-state index is 14.5. The predicted molar refractivity (Wildman–Crippen MR) is 96.1 cm³/mol. The number of nitrogens with two attached hydrogens (primary N) is 1. The normalized spacial score (nSPS) is 28.6. The van der Waals surface area contributed by atoms with Gasteiger partial charge in [0.1, 0.15) is 17.1 Å². The molecule has 3 rings (SSSR count). The molecule has 0 bridgehead atoms. The van der Waals surface area contributed by atoms with Crippen LogP contribution in [-0.2, 0) is 11.8 Å². The molecule has 27 heavy (non-hydrogen) atoms. The van der Waals surface area contributed by atoms with Crippen LogP contribution in [0.2, 0.25) is 5.02 Å². The van der Waals surface area contributed by atoms with Gasteiger partial charge in [-0.25, -0.2) is 18.2 Å². The van der Waals surface area contributed by atoms with Gasteiger partial charge in [-0.1, -0.05) is 11.6 Å². The third kappa shape index (κ3) is 3.52. The smallest absolute Gasteiger partial charge is 0.306 e. The second-order valence-corrected chi connectivity index (χ2v) is 7.40. The number of rotatable bonds is 4. The van der Waals surface area contributed by atoms with E-state index in [0.717, 1.165) is 0 Å². The lowest BCUT2D eigenvalue weighted by Gasteiger charge is -2.43. The van der Waals surface area contributed by atoms with Gasteiger partial charge in [0.2, 0.25) is 0 Å². The van der Waals surface area contributed by atoms with Crippen molar-refractivity contribution < 1.29 is 17.9 Å². The first-order chi connectivity index (χ1) is 12.5. The molecular weight excluding hydrogens is 383 g/mol. The van der Waals surface area contributed by atoms with Crippen molar-refractivity contribution >= 4 is 17.6 Å². The van der Waals surface area contributed by atoms with Crippen molar-refractivity contribution in [2.75, 3.05) is 6.61 Å². The Kier molecular flexibility index (Phi) is 4.92. The van der Waals surface area contributed by atoms with E-state index in [-0.39, 0.29) is 18.5 Å². The highest BCUT2D eigenvalue weighted by atomic mass is 35.5. The molecule has 0 amide bonds. The Morgan fingerprint density at radius 1 is 1.44 bits per heavy atom. The Morgan fingerprint density at radius 3 is 2.78 bits per heavy atom. The summed E-state index contributed by atoms with van der Waals surface area (Å²) in [5.74, 6) is -5.23. The standard InChI is InChI=1S/C17H21ClF3N5O/c1-9(14-12(18)7-26(3)25-14)23-10-4-5-13(19)11(6-10)16(2)17(20,21)8-27-15(22)24-16/h4-5,7,9,11,23H,6,8H2,1-3H3,(H2,22,24)/t9?,11?,16-/m1/s1. The van der Waals surface area contributed by atoms with Gasteiger partial charge in [0, 0.05) is 24.9 Å². The quantitative estimate of drug-likeness (QED) is 0.809. The summed E-state index contributed by atoms with van der Waals surface area (Å²) in [5.41, 5.74) is 4.62. The number of halogens is 4. The molecule has 2 heterocycles. The lowest BCUT2D eigenvalue weighted by Crippen LogP contribution is -2.57. The minimum Gasteiger partial charge on any atom is -0.459 e. The van der Waals surface area contributed by atoms with Crippen LogP contribution in [0.15, 0.2) is 34.9 Å². The van der Waals surface area contributed by atoms with Gasteiger partial charge in [0.15, 0.2) is 6.61 Å². The zero-order valence-corrected chi connectivity index (χ0v) is 15.9. The van der Waals surface area contributed by atoms with Crippen molar-refractivity contribution in [1.82, 2.24) is 15.1 Å². The highest BCUT2D eigenvalue weighted by molar-refractivity contribution is 6.31. The first-order valence-corrected chi connectivity index (χ1v) is 8.79. The number of allylic oxidation sites excluding steroid dienone is 3. The van der Waals surface area contributed by atoms with Crippen LogP contribution >= 0.6 is 11.6 Å². The number of hydrogen-bond donors (Lipinski definition) is 2. The van der Waals surface area contributed by atoms with E-state index in [0.29, 0.717) is 16.4 Å².